The third-order valence-corrected chi connectivity index (χ3v) is 9.48. The molecule has 1 amide bonds. The number of aromatic nitrogens is 1. The molecule has 3 N–H and O–H groups in total. The molecule has 8 heteroatoms. The van der Waals surface area contributed by atoms with Crippen molar-refractivity contribution < 1.29 is 14.1 Å². The standard InChI is InChI=1S/C28H36N4O3S/c1-4-32-18-20-12-13-36(3,35)31(2)24-15-21(16-25(32)27(20)24)28(34)30-23(14-19-8-6-5-7-9-19)26(33)17-29-22-10-11-22/h5-9,15-16,18,22-23,26,29,33H,3-4,10-14,17H2,1-2H3,(H,30,34)/t23-,26+,36?/m0/s1. The zero-order chi connectivity index (χ0) is 25.4. The molecule has 0 radical (unpaired) electrons. The predicted molar refractivity (Wildman–Crippen MR) is 148 cm³/mol. The van der Waals surface area contributed by atoms with Gasteiger partial charge in [0, 0.05) is 58.8 Å². The summed E-state index contributed by atoms with van der Waals surface area (Å²) in [5.74, 6) is 4.22. The Bertz CT molecular complexity index is 1360. The van der Waals surface area contributed by atoms with Gasteiger partial charge in [0.25, 0.3) is 5.91 Å². The van der Waals surface area contributed by atoms with Crippen LogP contribution in [0.5, 0.6) is 0 Å². The molecular weight excluding hydrogens is 472 g/mol. The Morgan fingerprint density at radius 3 is 2.69 bits per heavy atom. The van der Waals surface area contributed by atoms with E-state index >= 15 is 0 Å². The summed E-state index contributed by atoms with van der Waals surface area (Å²) < 4.78 is 17.2. The third-order valence-electron chi connectivity index (χ3n) is 7.44. The minimum Gasteiger partial charge on any atom is -0.390 e. The lowest BCUT2D eigenvalue weighted by atomic mass is 10.00. The van der Waals surface area contributed by atoms with E-state index in [0.29, 0.717) is 36.7 Å². The Morgan fingerprint density at radius 2 is 2.00 bits per heavy atom. The molecule has 0 bridgehead atoms. The van der Waals surface area contributed by atoms with Gasteiger partial charge in [-0.2, -0.15) is 0 Å². The summed E-state index contributed by atoms with van der Waals surface area (Å²) in [7, 11) is -0.685. The van der Waals surface area contributed by atoms with Gasteiger partial charge in [-0.25, -0.2) is 4.21 Å². The van der Waals surface area contributed by atoms with Gasteiger partial charge < -0.3 is 24.6 Å². The van der Waals surface area contributed by atoms with Gasteiger partial charge in [0.1, 0.15) is 0 Å². The number of rotatable bonds is 9. The SMILES string of the molecule is C=S1(=O)CCc2cn(CC)c3cc(C(=O)N[C@@H](Cc4ccccc4)[C@H](O)CNC4CC4)cc(c23)N1C. The molecule has 0 saturated heterocycles. The predicted octanol–water partition coefficient (Wildman–Crippen LogP) is 2.74. The number of amides is 1. The van der Waals surface area contributed by atoms with E-state index in [0.717, 1.165) is 47.1 Å². The first kappa shape index (κ1) is 24.9. The summed E-state index contributed by atoms with van der Waals surface area (Å²) >= 11 is 0. The fourth-order valence-electron chi connectivity index (χ4n) is 5.03. The minimum atomic E-state index is -2.49. The van der Waals surface area contributed by atoms with Gasteiger partial charge in [0.15, 0.2) is 0 Å². The summed E-state index contributed by atoms with van der Waals surface area (Å²) in [4.78, 5) is 13.6. The van der Waals surface area contributed by atoms with E-state index < -0.39 is 21.9 Å². The van der Waals surface area contributed by atoms with E-state index in [2.05, 4.69) is 34.2 Å². The molecule has 1 saturated carbocycles. The van der Waals surface area contributed by atoms with Gasteiger partial charge in [0.05, 0.1) is 23.3 Å². The van der Waals surface area contributed by atoms with Gasteiger partial charge in [-0.05, 0) is 61.7 Å². The summed E-state index contributed by atoms with van der Waals surface area (Å²) in [5.41, 5.74) is 4.40. The first-order valence-electron chi connectivity index (χ1n) is 12.8. The lowest BCUT2D eigenvalue weighted by Crippen LogP contribution is -2.49. The number of nitrogens with one attached hydrogen (secondary N) is 2. The third kappa shape index (κ3) is 5.03. The molecular formula is C28H36N4O3S. The number of carbonyl (C=O) groups is 1. The second-order valence-electron chi connectivity index (χ2n) is 10.1. The number of carbonyl (C=O) groups excluding carboxylic acids is 1. The van der Waals surface area contributed by atoms with Crippen molar-refractivity contribution in [3.05, 3.63) is 65.4 Å². The summed E-state index contributed by atoms with van der Waals surface area (Å²) in [6.45, 7) is 3.28. The van der Waals surface area contributed by atoms with Gasteiger partial charge in [-0.1, -0.05) is 30.3 Å². The molecule has 3 atom stereocenters. The first-order valence-corrected chi connectivity index (χ1v) is 14.6. The van der Waals surface area contributed by atoms with Crippen LogP contribution in [0.15, 0.2) is 48.7 Å². The molecule has 1 aliphatic carbocycles. The quantitative estimate of drug-likeness (QED) is 0.388. The zero-order valence-corrected chi connectivity index (χ0v) is 21.9. The molecule has 2 aromatic carbocycles. The lowest BCUT2D eigenvalue weighted by molar-refractivity contribution is 0.0830. The monoisotopic (exact) mass is 508 g/mol. The van der Waals surface area contributed by atoms with Crippen molar-refractivity contribution in [3.63, 3.8) is 0 Å². The Morgan fingerprint density at radius 1 is 1.25 bits per heavy atom. The second-order valence-corrected chi connectivity index (χ2v) is 12.6. The zero-order valence-electron chi connectivity index (χ0n) is 21.1. The van der Waals surface area contributed by atoms with E-state index in [9.17, 15) is 14.1 Å². The average molecular weight is 509 g/mol. The Labute approximate surface area is 213 Å². The Kier molecular flexibility index (Phi) is 6.85. The largest absolute Gasteiger partial charge is 0.390 e. The smallest absolute Gasteiger partial charge is 0.251 e. The van der Waals surface area contributed by atoms with E-state index in [4.69, 9.17) is 0 Å². The number of anilines is 1. The fraction of sp³-hybridized carbons (Fsp3) is 0.429. The van der Waals surface area contributed by atoms with Gasteiger partial charge in [0.2, 0.25) is 0 Å². The first-order chi connectivity index (χ1) is 17.3. The van der Waals surface area contributed by atoms with Crippen LogP contribution >= 0.6 is 0 Å². The molecule has 192 valence electrons. The Hall–Kier alpha value is -2.81. The molecule has 1 aliphatic heterocycles. The van der Waals surface area contributed by atoms with Crippen molar-refractivity contribution in [1.29, 1.82) is 0 Å². The second kappa shape index (κ2) is 9.92. The summed E-state index contributed by atoms with van der Waals surface area (Å²) in [6.07, 6.45) is 4.86. The average Bonchev–Trinajstić information content (AvgIpc) is 3.65. The maximum atomic E-state index is 13.6. The number of hydrogen-bond acceptors (Lipinski definition) is 4. The fourth-order valence-corrected chi connectivity index (χ4v) is 6.34. The number of hydrogen-bond donors (Lipinski definition) is 3. The number of benzene rings is 2. The molecule has 7 nitrogen and oxygen atoms in total. The van der Waals surface area contributed by atoms with Crippen molar-refractivity contribution in [3.8, 4) is 0 Å². The number of nitrogens with zero attached hydrogens (tertiary/aromatic N) is 2. The number of aryl methyl sites for hydroxylation is 2. The van der Waals surface area contributed by atoms with Crippen molar-refractivity contribution in [2.75, 3.05) is 23.7 Å². The topological polar surface area (TPSA) is 86.6 Å². The molecule has 1 unspecified atom stereocenters. The van der Waals surface area contributed by atoms with Gasteiger partial charge in [-0.3, -0.25) is 4.79 Å². The number of aliphatic hydroxyl groups is 1. The van der Waals surface area contributed by atoms with Gasteiger partial charge in [-0.15, -0.1) is 0 Å². The van der Waals surface area contributed by atoms with Crippen LogP contribution in [0.25, 0.3) is 10.9 Å². The van der Waals surface area contributed by atoms with Gasteiger partial charge >= 0.3 is 0 Å². The van der Waals surface area contributed by atoms with Crippen LogP contribution in [-0.2, 0) is 29.1 Å². The highest BCUT2D eigenvalue weighted by Gasteiger charge is 2.29. The van der Waals surface area contributed by atoms with Crippen LogP contribution in [-0.4, -0.2) is 63.2 Å². The van der Waals surface area contributed by atoms with Crippen molar-refractivity contribution >= 4 is 38.1 Å². The summed E-state index contributed by atoms with van der Waals surface area (Å²) in [5, 5.41) is 18.5. The maximum Gasteiger partial charge on any atom is 0.251 e. The van der Waals surface area contributed by atoms with E-state index in [1.54, 1.807) is 11.4 Å². The number of aliphatic hydroxyl groups excluding tert-OH is 1. The summed E-state index contributed by atoms with van der Waals surface area (Å²) in [6, 6.07) is 13.7. The maximum absolute atomic E-state index is 13.6. The molecule has 0 spiro atoms. The van der Waals surface area contributed by atoms with Crippen molar-refractivity contribution in [2.24, 2.45) is 0 Å². The molecule has 5 rings (SSSR count). The highest BCUT2D eigenvalue weighted by Crippen LogP contribution is 2.37. The van der Waals surface area contributed by atoms with Crippen LogP contribution < -0.4 is 14.9 Å². The molecule has 1 fully saturated rings. The lowest BCUT2D eigenvalue weighted by Gasteiger charge is -2.26. The van der Waals surface area contributed by atoms with E-state index in [-0.39, 0.29) is 5.91 Å². The van der Waals surface area contributed by atoms with Crippen molar-refractivity contribution in [2.45, 2.75) is 57.3 Å². The Balaban J connectivity index is 1.48. The highest BCUT2D eigenvalue weighted by molar-refractivity contribution is 8.01. The minimum absolute atomic E-state index is 0.252. The molecule has 36 heavy (non-hydrogen) atoms. The normalized spacial score (nSPS) is 21.2. The molecule has 1 aromatic heterocycles. The van der Waals surface area contributed by atoms with E-state index in [1.165, 1.54) is 0 Å². The van der Waals surface area contributed by atoms with E-state index in [1.807, 2.05) is 42.5 Å². The van der Waals surface area contributed by atoms with Crippen LogP contribution in [0.4, 0.5) is 5.69 Å². The van der Waals surface area contributed by atoms with Crippen LogP contribution in [0.1, 0.15) is 41.3 Å². The molecule has 3 aromatic rings. The van der Waals surface area contributed by atoms with Crippen LogP contribution in [0.2, 0.25) is 0 Å². The van der Waals surface area contributed by atoms with Crippen molar-refractivity contribution in [1.82, 2.24) is 15.2 Å². The highest BCUT2D eigenvalue weighted by atomic mass is 32.2. The molecule has 2 aliphatic rings. The molecule has 2 heterocycles. The van der Waals surface area contributed by atoms with Crippen LogP contribution in [0, 0.1) is 0 Å². The van der Waals surface area contributed by atoms with Crippen LogP contribution in [0.3, 0.4) is 0 Å².